The highest BCUT2D eigenvalue weighted by atomic mass is 16.3. The van der Waals surface area contributed by atoms with Crippen LogP contribution < -0.4 is 16.0 Å². The van der Waals surface area contributed by atoms with E-state index < -0.39 is 0 Å². The van der Waals surface area contributed by atoms with E-state index in [4.69, 9.17) is 0 Å². The number of benzene rings is 2. The maximum absolute atomic E-state index is 13.4. The normalized spacial score (nSPS) is 15.9. The van der Waals surface area contributed by atoms with Crippen molar-refractivity contribution in [2.75, 3.05) is 25.5 Å². The maximum Gasteiger partial charge on any atom is 0.258 e. The zero-order chi connectivity index (χ0) is 24.4. The zero-order valence-corrected chi connectivity index (χ0v) is 20.0. The predicted molar refractivity (Wildman–Crippen MR) is 135 cm³/mol. The number of fused-ring (bicyclic) bond motifs is 2. The number of phenols is 1. The Morgan fingerprint density at radius 2 is 1.89 bits per heavy atom. The molecule has 1 fully saturated rings. The fraction of sp³-hybridized carbons (Fsp3) is 0.423. The number of carbonyl (C=O) groups is 2. The molecule has 1 saturated carbocycles. The number of H-pyrrole nitrogens is 1. The van der Waals surface area contributed by atoms with Gasteiger partial charge in [0.2, 0.25) is 0 Å². The number of nitrogens with zero attached hydrogens (tertiary/aromatic N) is 2. The first kappa shape index (κ1) is 23.2. The molecule has 0 bridgehead atoms. The van der Waals surface area contributed by atoms with Crippen molar-refractivity contribution >= 4 is 28.5 Å². The number of aromatic amines is 1. The van der Waals surface area contributed by atoms with Crippen molar-refractivity contribution in [3.05, 3.63) is 52.6 Å². The number of carbonyl (C=O) groups excluding carboxylic acids is 2. The summed E-state index contributed by atoms with van der Waals surface area (Å²) >= 11 is 0. The minimum absolute atomic E-state index is 0.0732. The van der Waals surface area contributed by atoms with Crippen LogP contribution in [0.5, 0.6) is 5.75 Å². The summed E-state index contributed by atoms with van der Waals surface area (Å²) < 4.78 is 0. The third kappa shape index (κ3) is 4.81. The molecular weight excluding hydrogens is 444 g/mol. The zero-order valence-electron chi connectivity index (χ0n) is 20.0. The molecule has 184 valence electrons. The van der Waals surface area contributed by atoms with E-state index in [2.05, 4.69) is 26.1 Å². The Kier molecular flexibility index (Phi) is 6.59. The number of amides is 2. The largest absolute Gasteiger partial charge is 0.507 e. The van der Waals surface area contributed by atoms with Crippen LogP contribution in [0.25, 0.3) is 10.9 Å². The van der Waals surface area contributed by atoms with Gasteiger partial charge in [0.1, 0.15) is 5.75 Å². The molecule has 0 saturated heterocycles. The first-order chi connectivity index (χ1) is 17.0. The van der Waals surface area contributed by atoms with Crippen LogP contribution in [0.3, 0.4) is 0 Å². The number of hydrogen-bond acceptors (Lipinski definition) is 6. The van der Waals surface area contributed by atoms with E-state index in [9.17, 15) is 14.7 Å². The molecule has 2 aromatic carbocycles. The Labute approximate surface area is 204 Å². The van der Waals surface area contributed by atoms with Gasteiger partial charge >= 0.3 is 0 Å². The first-order valence-corrected chi connectivity index (χ1v) is 12.3. The molecule has 9 heteroatoms. The third-order valence-electron chi connectivity index (χ3n) is 6.99. The lowest BCUT2D eigenvalue weighted by molar-refractivity contribution is 0.0748. The fourth-order valence-corrected chi connectivity index (χ4v) is 5.03. The Balaban J connectivity index is 1.33. The van der Waals surface area contributed by atoms with Gasteiger partial charge in [0.25, 0.3) is 11.8 Å². The van der Waals surface area contributed by atoms with Crippen LogP contribution in [0.2, 0.25) is 0 Å². The predicted octanol–water partition coefficient (Wildman–Crippen LogP) is 3.12. The van der Waals surface area contributed by atoms with Crippen molar-refractivity contribution < 1.29 is 14.7 Å². The highest BCUT2D eigenvalue weighted by Gasteiger charge is 2.28. The quantitative estimate of drug-likeness (QED) is 0.334. The topological polar surface area (TPSA) is 122 Å². The third-order valence-corrected chi connectivity index (χ3v) is 6.99. The van der Waals surface area contributed by atoms with Crippen LogP contribution in [0, 0.1) is 0 Å². The molecule has 0 spiro atoms. The van der Waals surface area contributed by atoms with Crippen molar-refractivity contribution in [2.45, 2.75) is 51.2 Å². The smallest absolute Gasteiger partial charge is 0.258 e. The standard InChI is InChI=1S/C26H32N6O3/c1-27-9-10-28-25(34)16-7-8-17-14-32(15-18(17)11-16)26(35)21-12-20-22(13-23(21)33)30-31-24(20)29-19-5-3-2-4-6-19/h7-8,11-13,19,27,33H,2-6,9-10,14-15H2,1H3,(H,28,34)(H2,29,30,31). The second-order valence-electron chi connectivity index (χ2n) is 9.47. The van der Waals surface area contributed by atoms with Gasteiger partial charge in [0.05, 0.1) is 11.1 Å². The van der Waals surface area contributed by atoms with Gasteiger partial charge in [-0.2, -0.15) is 5.10 Å². The van der Waals surface area contributed by atoms with E-state index in [0.717, 1.165) is 35.2 Å². The van der Waals surface area contributed by atoms with E-state index in [1.54, 1.807) is 23.1 Å². The number of phenolic OH excluding ortho intramolecular Hbond substituents is 1. The molecule has 5 N–H and O–H groups in total. The summed E-state index contributed by atoms with van der Waals surface area (Å²) in [4.78, 5) is 27.5. The van der Waals surface area contributed by atoms with Gasteiger partial charge in [0.15, 0.2) is 5.82 Å². The van der Waals surface area contributed by atoms with E-state index in [1.165, 1.54) is 19.3 Å². The Morgan fingerprint density at radius 3 is 2.69 bits per heavy atom. The second kappa shape index (κ2) is 9.95. The highest BCUT2D eigenvalue weighted by molar-refractivity contribution is 6.03. The Hall–Kier alpha value is -3.59. The van der Waals surface area contributed by atoms with Crippen LogP contribution in [0.15, 0.2) is 30.3 Å². The molecule has 0 atom stereocenters. The summed E-state index contributed by atoms with van der Waals surface area (Å²) in [6.07, 6.45) is 5.91. The SMILES string of the molecule is CNCCNC(=O)c1ccc2c(c1)CN(C(=O)c1cc3c(NC4CCCCC4)n[nH]c3cc1O)C2. The highest BCUT2D eigenvalue weighted by Crippen LogP contribution is 2.33. The van der Waals surface area contributed by atoms with Gasteiger partial charge in [-0.25, -0.2) is 0 Å². The van der Waals surface area contributed by atoms with Crippen molar-refractivity contribution in [2.24, 2.45) is 0 Å². The van der Waals surface area contributed by atoms with Gasteiger partial charge in [-0.15, -0.1) is 0 Å². The van der Waals surface area contributed by atoms with Crippen LogP contribution in [-0.2, 0) is 13.1 Å². The molecule has 5 rings (SSSR count). The number of hydrogen-bond donors (Lipinski definition) is 5. The maximum atomic E-state index is 13.4. The molecule has 9 nitrogen and oxygen atoms in total. The summed E-state index contributed by atoms with van der Waals surface area (Å²) in [5.74, 6) is 0.273. The summed E-state index contributed by atoms with van der Waals surface area (Å²) in [6, 6.07) is 9.22. The van der Waals surface area contributed by atoms with E-state index in [-0.39, 0.29) is 23.1 Å². The van der Waals surface area contributed by atoms with E-state index in [0.29, 0.717) is 43.3 Å². The molecule has 0 unspecified atom stereocenters. The lowest BCUT2D eigenvalue weighted by Crippen LogP contribution is -2.30. The minimum atomic E-state index is -0.245. The molecule has 2 heterocycles. The Bertz CT molecular complexity index is 1250. The fourth-order valence-electron chi connectivity index (χ4n) is 5.03. The van der Waals surface area contributed by atoms with Crippen molar-refractivity contribution in [3.8, 4) is 5.75 Å². The lowest BCUT2D eigenvalue weighted by atomic mass is 9.95. The van der Waals surface area contributed by atoms with Crippen LogP contribution in [-0.4, -0.2) is 58.2 Å². The van der Waals surface area contributed by atoms with Gasteiger partial charge in [0, 0.05) is 49.2 Å². The average molecular weight is 477 g/mol. The molecule has 1 aromatic heterocycles. The first-order valence-electron chi connectivity index (χ1n) is 12.3. The number of anilines is 1. The van der Waals surface area contributed by atoms with Crippen molar-refractivity contribution in [1.82, 2.24) is 25.7 Å². The molecule has 2 aliphatic rings. The molecule has 1 aliphatic carbocycles. The van der Waals surface area contributed by atoms with Gasteiger partial charge in [-0.1, -0.05) is 25.3 Å². The Morgan fingerprint density at radius 1 is 1.09 bits per heavy atom. The number of rotatable bonds is 7. The van der Waals surface area contributed by atoms with Crippen LogP contribution in [0.4, 0.5) is 5.82 Å². The molecular formula is C26H32N6O3. The lowest BCUT2D eigenvalue weighted by Gasteiger charge is -2.22. The molecule has 35 heavy (non-hydrogen) atoms. The van der Waals surface area contributed by atoms with Gasteiger partial charge in [-0.05, 0) is 49.2 Å². The number of nitrogens with one attached hydrogen (secondary N) is 4. The van der Waals surface area contributed by atoms with Crippen molar-refractivity contribution in [3.63, 3.8) is 0 Å². The summed E-state index contributed by atoms with van der Waals surface area (Å²) in [6.45, 7) is 2.07. The summed E-state index contributed by atoms with van der Waals surface area (Å²) in [7, 11) is 1.84. The van der Waals surface area contributed by atoms with Crippen LogP contribution in [0.1, 0.15) is 63.9 Å². The average Bonchev–Trinajstić information content (AvgIpc) is 3.47. The van der Waals surface area contributed by atoms with E-state index in [1.807, 2.05) is 19.2 Å². The van der Waals surface area contributed by atoms with Gasteiger partial charge in [-0.3, -0.25) is 14.7 Å². The second-order valence-corrected chi connectivity index (χ2v) is 9.47. The number of aromatic hydroxyl groups is 1. The summed E-state index contributed by atoms with van der Waals surface area (Å²) in [5.41, 5.74) is 3.48. The van der Waals surface area contributed by atoms with Gasteiger partial charge < -0.3 is 26.0 Å². The molecule has 1 aliphatic heterocycles. The number of likely N-dealkylation sites (N-methyl/N-ethyl adjacent to an activating group) is 1. The number of aromatic nitrogens is 2. The minimum Gasteiger partial charge on any atom is -0.507 e. The van der Waals surface area contributed by atoms with E-state index >= 15 is 0 Å². The monoisotopic (exact) mass is 476 g/mol. The molecule has 3 aromatic rings. The molecule has 0 radical (unpaired) electrons. The molecule has 2 amide bonds. The van der Waals surface area contributed by atoms with Crippen LogP contribution >= 0.6 is 0 Å². The summed E-state index contributed by atoms with van der Waals surface area (Å²) in [5, 5.41) is 28.2. The van der Waals surface area contributed by atoms with Crippen molar-refractivity contribution in [1.29, 1.82) is 0 Å².